The lowest BCUT2D eigenvalue weighted by molar-refractivity contribution is -0.147. The lowest BCUT2D eigenvalue weighted by Crippen LogP contribution is -2.16. The summed E-state index contributed by atoms with van der Waals surface area (Å²) in [7, 11) is 0. The molecule has 88 valence electrons. The number of hydrogen-bond acceptors (Lipinski definition) is 3. The first kappa shape index (κ1) is 11.3. The molecular weight excluding hydrogens is 220 g/mol. The van der Waals surface area contributed by atoms with E-state index in [4.69, 9.17) is 5.11 Å². The molecule has 1 aromatic heterocycles. The van der Waals surface area contributed by atoms with Crippen molar-refractivity contribution in [1.29, 1.82) is 0 Å². The Balaban J connectivity index is 2.54. The van der Waals surface area contributed by atoms with Gasteiger partial charge in [-0.25, -0.2) is 9.48 Å². The Morgan fingerprint density at radius 2 is 2.00 bits per heavy atom. The Hall–Kier alpha value is -2.14. The molecule has 1 unspecified atom stereocenters. The molecule has 1 aromatic carbocycles. The van der Waals surface area contributed by atoms with Gasteiger partial charge in [0.25, 0.3) is 0 Å². The summed E-state index contributed by atoms with van der Waals surface area (Å²) in [5.74, 6) is -1.29. The molecule has 5 nitrogen and oxygen atoms in total. The number of aromatic nitrogens is 2. The van der Waals surface area contributed by atoms with Crippen LogP contribution in [0.3, 0.4) is 0 Å². The fourth-order valence-corrected chi connectivity index (χ4v) is 1.66. The van der Waals surface area contributed by atoms with E-state index < -0.39 is 12.1 Å². The van der Waals surface area contributed by atoms with Crippen LogP contribution in [0.25, 0.3) is 5.69 Å². The molecule has 2 aromatic rings. The van der Waals surface area contributed by atoms with E-state index >= 15 is 0 Å². The van der Waals surface area contributed by atoms with E-state index in [-0.39, 0.29) is 5.69 Å². The van der Waals surface area contributed by atoms with Gasteiger partial charge in [-0.3, -0.25) is 0 Å². The van der Waals surface area contributed by atoms with Crippen molar-refractivity contribution in [3.05, 3.63) is 47.8 Å². The predicted octanol–water partition coefficient (Wildman–Crippen LogP) is 1.30. The van der Waals surface area contributed by atoms with E-state index in [1.54, 1.807) is 19.1 Å². The van der Waals surface area contributed by atoms with Gasteiger partial charge in [-0.15, -0.1) is 0 Å². The van der Waals surface area contributed by atoms with Gasteiger partial charge in [-0.1, -0.05) is 18.2 Å². The monoisotopic (exact) mass is 232 g/mol. The first-order valence-electron chi connectivity index (χ1n) is 5.12. The summed E-state index contributed by atoms with van der Waals surface area (Å²) < 4.78 is 1.44. The maximum Gasteiger partial charge on any atom is 0.338 e. The van der Waals surface area contributed by atoms with Crippen LogP contribution < -0.4 is 0 Å². The zero-order valence-corrected chi connectivity index (χ0v) is 9.24. The fraction of sp³-hybridized carbons (Fsp3) is 0.167. The van der Waals surface area contributed by atoms with Crippen LogP contribution in [-0.4, -0.2) is 26.0 Å². The quantitative estimate of drug-likeness (QED) is 0.836. The Morgan fingerprint density at radius 3 is 2.59 bits per heavy atom. The Bertz CT molecular complexity index is 534. The molecule has 17 heavy (non-hydrogen) atoms. The van der Waals surface area contributed by atoms with Crippen LogP contribution in [0, 0.1) is 6.92 Å². The maximum atomic E-state index is 10.8. The van der Waals surface area contributed by atoms with Crippen LogP contribution >= 0.6 is 0 Å². The van der Waals surface area contributed by atoms with E-state index in [1.807, 2.05) is 18.2 Å². The number of carboxylic acid groups (broad SMARTS) is 1. The zero-order valence-electron chi connectivity index (χ0n) is 9.24. The van der Waals surface area contributed by atoms with E-state index in [0.717, 1.165) is 5.69 Å². The van der Waals surface area contributed by atoms with Crippen LogP contribution in [-0.2, 0) is 4.79 Å². The molecule has 0 aliphatic rings. The summed E-state index contributed by atoms with van der Waals surface area (Å²) in [5.41, 5.74) is 1.64. The molecular formula is C12H12N2O3. The van der Waals surface area contributed by atoms with E-state index in [0.29, 0.717) is 5.56 Å². The van der Waals surface area contributed by atoms with Crippen molar-refractivity contribution in [1.82, 2.24) is 9.78 Å². The smallest absolute Gasteiger partial charge is 0.338 e. The van der Waals surface area contributed by atoms with Crippen molar-refractivity contribution in [2.24, 2.45) is 0 Å². The SMILES string of the molecule is Cc1cnn(-c2ccccc2)c1C(O)C(=O)O. The van der Waals surface area contributed by atoms with Gasteiger partial charge in [0, 0.05) is 0 Å². The molecule has 0 saturated carbocycles. The predicted molar refractivity (Wildman–Crippen MR) is 60.9 cm³/mol. The third-order valence-corrected chi connectivity index (χ3v) is 2.49. The number of carboxylic acids is 1. The molecule has 0 bridgehead atoms. The largest absolute Gasteiger partial charge is 0.479 e. The molecule has 2 N–H and O–H groups in total. The number of aliphatic hydroxyl groups is 1. The normalized spacial score (nSPS) is 12.4. The van der Waals surface area contributed by atoms with Crippen molar-refractivity contribution >= 4 is 5.97 Å². The molecule has 0 aliphatic heterocycles. The number of rotatable bonds is 3. The second kappa shape index (κ2) is 4.39. The maximum absolute atomic E-state index is 10.8. The molecule has 0 fully saturated rings. The number of nitrogens with zero attached hydrogens (tertiary/aromatic N) is 2. The van der Waals surface area contributed by atoms with Gasteiger partial charge in [0.2, 0.25) is 0 Å². The zero-order chi connectivity index (χ0) is 12.4. The van der Waals surface area contributed by atoms with Crippen LogP contribution in [0.4, 0.5) is 0 Å². The van der Waals surface area contributed by atoms with Crippen molar-refractivity contribution < 1.29 is 15.0 Å². The number of hydrogen-bond donors (Lipinski definition) is 2. The number of carbonyl (C=O) groups is 1. The summed E-state index contributed by atoms with van der Waals surface area (Å²) in [5, 5.41) is 22.6. The minimum absolute atomic E-state index is 0.281. The molecule has 0 spiro atoms. The number of benzene rings is 1. The minimum atomic E-state index is -1.57. The minimum Gasteiger partial charge on any atom is -0.479 e. The summed E-state index contributed by atoms with van der Waals surface area (Å²) in [6, 6.07) is 9.09. The number of aryl methyl sites for hydroxylation is 1. The van der Waals surface area contributed by atoms with Crippen LogP contribution in [0.5, 0.6) is 0 Å². The first-order chi connectivity index (χ1) is 8.11. The molecule has 0 radical (unpaired) electrons. The number of aliphatic hydroxyl groups excluding tert-OH is 1. The van der Waals surface area contributed by atoms with Gasteiger partial charge in [0.15, 0.2) is 6.10 Å². The average Bonchev–Trinajstić information content (AvgIpc) is 2.71. The van der Waals surface area contributed by atoms with Crippen molar-refractivity contribution in [3.63, 3.8) is 0 Å². The van der Waals surface area contributed by atoms with Crippen molar-refractivity contribution in [2.45, 2.75) is 13.0 Å². The second-order valence-electron chi connectivity index (χ2n) is 3.70. The molecule has 1 atom stereocenters. The summed E-state index contributed by atoms with van der Waals surface area (Å²) >= 11 is 0. The molecule has 1 heterocycles. The van der Waals surface area contributed by atoms with Gasteiger partial charge in [0.05, 0.1) is 17.6 Å². The average molecular weight is 232 g/mol. The van der Waals surface area contributed by atoms with Gasteiger partial charge < -0.3 is 10.2 Å². The molecule has 0 amide bonds. The summed E-state index contributed by atoms with van der Waals surface area (Å²) in [4.78, 5) is 10.8. The molecule has 2 rings (SSSR count). The molecule has 0 saturated heterocycles. The molecule has 5 heteroatoms. The van der Waals surface area contributed by atoms with Gasteiger partial charge >= 0.3 is 5.97 Å². The third-order valence-electron chi connectivity index (χ3n) is 2.49. The van der Waals surface area contributed by atoms with Crippen molar-refractivity contribution in [3.8, 4) is 5.69 Å². The van der Waals surface area contributed by atoms with Gasteiger partial charge in [-0.05, 0) is 24.6 Å². The van der Waals surface area contributed by atoms with Crippen LogP contribution in [0.1, 0.15) is 17.4 Å². The Labute approximate surface area is 97.9 Å². The Morgan fingerprint density at radius 1 is 1.35 bits per heavy atom. The number of aliphatic carboxylic acids is 1. The van der Waals surface area contributed by atoms with Crippen LogP contribution in [0.2, 0.25) is 0 Å². The molecule has 0 aliphatic carbocycles. The van der Waals surface area contributed by atoms with Gasteiger partial charge in [-0.2, -0.15) is 5.10 Å². The standard InChI is InChI=1S/C12H12N2O3/c1-8-7-13-14(9-5-3-2-4-6-9)10(8)11(15)12(16)17/h2-7,11,15H,1H3,(H,16,17). The van der Waals surface area contributed by atoms with Gasteiger partial charge in [0.1, 0.15) is 0 Å². The first-order valence-corrected chi connectivity index (χ1v) is 5.12. The highest BCUT2D eigenvalue weighted by atomic mass is 16.4. The third kappa shape index (κ3) is 2.05. The topological polar surface area (TPSA) is 75.3 Å². The van der Waals surface area contributed by atoms with E-state index in [1.165, 1.54) is 10.9 Å². The van der Waals surface area contributed by atoms with Crippen LogP contribution in [0.15, 0.2) is 36.5 Å². The lowest BCUT2D eigenvalue weighted by atomic mass is 10.1. The fourth-order valence-electron chi connectivity index (χ4n) is 1.66. The number of para-hydroxylation sites is 1. The van der Waals surface area contributed by atoms with E-state index in [2.05, 4.69) is 5.10 Å². The van der Waals surface area contributed by atoms with Crippen molar-refractivity contribution in [2.75, 3.05) is 0 Å². The highest BCUT2D eigenvalue weighted by Gasteiger charge is 2.23. The summed E-state index contributed by atoms with van der Waals surface area (Å²) in [6.45, 7) is 1.72. The summed E-state index contributed by atoms with van der Waals surface area (Å²) in [6.07, 6.45) is -0.0354. The lowest BCUT2D eigenvalue weighted by Gasteiger charge is -2.11. The van der Waals surface area contributed by atoms with E-state index in [9.17, 15) is 9.90 Å². The highest BCUT2D eigenvalue weighted by molar-refractivity contribution is 5.74. The second-order valence-corrected chi connectivity index (χ2v) is 3.70. The highest BCUT2D eigenvalue weighted by Crippen LogP contribution is 2.21. The Kier molecular flexibility index (Phi) is 2.93.